The molecule has 0 saturated heterocycles. The van der Waals surface area contributed by atoms with Gasteiger partial charge in [-0.1, -0.05) is 6.07 Å². The Morgan fingerprint density at radius 1 is 1.18 bits per heavy atom. The summed E-state index contributed by atoms with van der Waals surface area (Å²) in [6, 6.07) is 12.3. The van der Waals surface area contributed by atoms with E-state index in [1.165, 1.54) is 7.11 Å². The molecule has 28 heavy (non-hydrogen) atoms. The molecule has 144 valence electrons. The molecule has 7 nitrogen and oxygen atoms in total. The lowest BCUT2D eigenvalue weighted by Gasteiger charge is -2.09. The molecule has 0 N–H and O–H groups in total. The van der Waals surface area contributed by atoms with E-state index in [-0.39, 0.29) is 24.0 Å². The van der Waals surface area contributed by atoms with Crippen LogP contribution in [0.1, 0.15) is 18.1 Å². The monoisotopic (exact) mass is 493 g/mol. The Balaban J connectivity index is 1.85. The molecular weight excluding hydrogens is 477 g/mol. The van der Waals surface area contributed by atoms with Crippen LogP contribution >= 0.6 is 22.6 Å². The smallest absolute Gasteiger partial charge is 0.493 e. The third kappa shape index (κ3) is 4.69. The Hall–Kier alpha value is -2.88. The third-order valence-electron chi connectivity index (χ3n) is 3.66. The van der Waals surface area contributed by atoms with Crippen LogP contribution in [0.3, 0.4) is 0 Å². The minimum absolute atomic E-state index is 0.162. The topological polar surface area (TPSA) is 83.4 Å². The van der Waals surface area contributed by atoms with Gasteiger partial charge in [0.1, 0.15) is 0 Å². The summed E-state index contributed by atoms with van der Waals surface area (Å²) in [5, 5.41) is 0. The number of cyclic esters (lactones) is 1. The second-order valence-electron chi connectivity index (χ2n) is 5.54. The van der Waals surface area contributed by atoms with E-state index < -0.39 is 12.1 Å². The average Bonchev–Trinajstić information content (AvgIpc) is 3.04. The van der Waals surface area contributed by atoms with Gasteiger partial charge in [0.05, 0.1) is 13.7 Å². The van der Waals surface area contributed by atoms with Crippen molar-refractivity contribution in [2.75, 3.05) is 13.7 Å². The van der Waals surface area contributed by atoms with Crippen LogP contribution in [0, 0.1) is 3.57 Å². The Morgan fingerprint density at radius 3 is 2.61 bits per heavy atom. The van der Waals surface area contributed by atoms with Crippen LogP contribution in [0.15, 0.2) is 53.2 Å². The van der Waals surface area contributed by atoms with Crippen LogP contribution in [-0.2, 0) is 14.3 Å². The lowest BCUT2D eigenvalue weighted by molar-refractivity contribution is -0.129. The van der Waals surface area contributed by atoms with E-state index >= 15 is 0 Å². The lowest BCUT2D eigenvalue weighted by atomic mass is 10.1. The first-order valence-corrected chi connectivity index (χ1v) is 9.39. The Morgan fingerprint density at radius 2 is 1.93 bits per heavy atom. The highest BCUT2D eigenvalue weighted by atomic mass is 127. The highest BCUT2D eigenvalue weighted by Gasteiger charge is 2.24. The van der Waals surface area contributed by atoms with Crippen LogP contribution in [0.5, 0.6) is 11.5 Å². The number of carbonyl (C=O) groups excluding carboxylic acids is 2. The number of carbonyl (C=O) groups is 2. The van der Waals surface area contributed by atoms with Crippen LogP contribution in [-0.4, -0.2) is 31.7 Å². The van der Waals surface area contributed by atoms with Crippen molar-refractivity contribution in [3.63, 3.8) is 0 Å². The van der Waals surface area contributed by atoms with Crippen LogP contribution in [0.2, 0.25) is 0 Å². The first-order valence-electron chi connectivity index (χ1n) is 8.31. The number of benzene rings is 2. The van der Waals surface area contributed by atoms with Crippen molar-refractivity contribution in [3.05, 3.63) is 62.9 Å². The maximum atomic E-state index is 12.1. The Bertz CT molecular complexity index is 965. The fraction of sp³-hybridized carbons (Fsp3) is 0.150. The van der Waals surface area contributed by atoms with Gasteiger partial charge >= 0.3 is 12.1 Å². The molecule has 1 aliphatic heterocycles. The summed E-state index contributed by atoms with van der Waals surface area (Å²) < 4.78 is 21.4. The minimum atomic E-state index is -0.821. The van der Waals surface area contributed by atoms with E-state index in [2.05, 4.69) is 27.6 Å². The van der Waals surface area contributed by atoms with Gasteiger partial charge in [0, 0.05) is 9.13 Å². The van der Waals surface area contributed by atoms with Gasteiger partial charge in [0.15, 0.2) is 17.2 Å². The van der Waals surface area contributed by atoms with E-state index in [1.54, 1.807) is 31.2 Å². The molecule has 0 unspecified atom stereocenters. The van der Waals surface area contributed by atoms with Crippen molar-refractivity contribution in [1.29, 1.82) is 0 Å². The van der Waals surface area contributed by atoms with Crippen LogP contribution in [0.25, 0.3) is 6.08 Å². The van der Waals surface area contributed by atoms with E-state index in [9.17, 15) is 9.59 Å². The van der Waals surface area contributed by atoms with Crippen LogP contribution in [0.4, 0.5) is 4.79 Å². The quantitative estimate of drug-likeness (QED) is 0.269. The molecule has 0 bridgehead atoms. The summed E-state index contributed by atoms with van der Waals surface area (Å²) >= 11 is 2.19. The highest BCUT2D eigenvalue weighted by Crippen LogP contribution is 2.30. The molecule has 0 saturated carbocycles. The van der Waals surface area contributed by atoms with Crippen molar-refractivity contribution < 1.29 is 28.5 Å². The van der Waals surface area contributed by atoms with E-state index in [1.807, 2.05) is 24.3 Å². The SMILES string of the molecule is CCOC(=O)Oc1ccc(/C=C2\N=C(c3ccc(I)cc3)OC2=O)cc1OC. The number of hydrogen-bond acceptors (Lipinski definition) is 7. The van der Waals surface area contributed by atoms with Gasteiger partial charge in [-0.05, 0) is 77.6 Å². The lowest BCUT2D eigenvalue weighted by Crippen LogP contribution is -2.10. The summed E-state index contributed by atoms with van der Waals surface area (Å²) in [4.78, 5) is 27.9. The zero-order chi connectivity index (χ0) is 20.1. The van der Waals surface area contributed by atoms with Crippen molar-refractivity contribution >= 4 is 46.7 Å². The average molecular weight is 493 g/mol. The number of esters is 1. The van der Waals surface area contributed by atoms with Crippen molar-refractivity contribution in [1.82, 2.24) is 0 Å². The van der Waals surface area contributed by atoms with Gasteiger partial charge in [-0.25, -0.2) is 14.6 Å². The van der Waals surface area contributed by atoms with E-state index in [4.69, 9.17) is 18.9 Å². The summed E-state index contributed by atoms with van der Waals surface area (Å²) in [5.41, 5.74) is 1.51. The zero-order valence-electron chi connectivity index (χ0n) is 15.1. The fourth-order valence-electron chi connectivity index (χ4n) is 2.38. The van der Waals surface area contributed by atoms with Crippen molar-refractivity contribution in [2.24, 2.45) is 4.99 Å². The predicted octanol–water partition coefficient (Wildman–Crippen LogP) is 4.18. The molecule has 0 spiro atoms. The standard InChI is InChI=1S/C20H16INO6/c1-3-26-20(24)27-16-9-4-12(11-17(16)25-2)10-15-19(23)28-18(22-15)13-5-7-14(21)8-6-13/h4-11H,3H2,1-2H3/b15-10-. The van der Waals surface area contributed by atoms with Gasteiger partial charge in [-0.2, -0.15) is 0 Å². The Labute approximate surface area is 175 Å². The molecule has 3 rings (SSSR count). The van der Waals surface area contributed by atoms with Crippen LogP contribution < -0.4 is 9.47 Å². The number of aliphatic imine (C=N–C) groups is 1. The molecule has 8 heteroatoms. The first kappa shape index (κ1) is 19.9. The second kappa shape index (κ2) is 8.87. The number of methoxy groups -OCH3 is 1. The first-order chi connectivity index (χ1) is 13.5. The molecule has 2 aromatic carbocycles. The number of nitrogens with zero attached hydrogens (tertiary/aromatic N) is 1. The van der Waals surface area contributed by atoms with Gasteiger partial charge in [-0.15, -0.1) is 0 Å². The fourth-order valence-corrected chi connectivity index (χ4v) is 2.74. The molecule has 0 aliphatic carbocycles. The summed E-state index contributed by atoms with van der Waals surface area (Å²) in [5.74, 6) is 0.233. The molecule has 0 fully saturated rings. The molecule has 2 aromatic rings. The molecule has 0 amide bonds. The number of halogens is 1. The number of rotatable bonds is 5. The van der Waals surface area contributed by atoms with E-state index in [0.29, 0.717) is 16.9 Å². The van der Waals surface area contributed by atoms with Gasteiger partial charge in [-0.3, -0.25) is 0 Å². The molecule has 0 atom stereocenters. The summed E-state index contributed by atoms with van der Waals surface area (Å²) in [6.45, 7) is 1.88. The molecule has 1 heterocycles. The Kier molecular flexibility index (Phi) is 6.30. The third-order valence-corrected chi connectivity index (χ3v) is 4.38. The molecular formula is C20H16INO6. The predicted molar refractivity (Wildman–Crippen MR) is 110 cm³/mol. The van der Waals surface area contributed by atoms with Gasteiger partial charge in [0.2, 0.25) is 5.90 Å². The maximum absolute atomic E-state index is 12.1. The number of ether oxygens (including phenoxy) is 4. The summed E-state index contributed by atoms with van der Waals surface area (Å²) in [7, 11) is 1.45. The number of hydrogen-bond donors (Lipinski definition) is 0. The molecule has 0 radical (unpaired) electrons. The maximum Gasteiger partial charge on any atom is 0.513 e. The van der Waals surface area contributed by atoms with E-state index in [0.717, 1.165) is 3.57 Å². The largest absolute Gasteiger partial charge is 0.513 e. The molecule has 1 aliphatic rings. The zero-order valence-corrected chi connectivity index (χ0v) is 17.3. The van der Waals surface area contributed by atoms with Crippen molar-refractivity contribution in [3.8, 4) is 11.5 Å². The summed E-state index contributed by atoms with van der Waals surface area (Å²) in [6.07, 6.45) is 0.747. The van der Waals surface area contributed by atoms with Gasteiger partial charge in [0.25, 0.3) is 0 Å². The molecule has 0 aromatic heterocycles. The highest BCUT2D eigenvalue weighted by molar-refractivity contribution is 14.1. The second-order valence-corrected chi connectivity index (χ2v) is 6.78. The van der Waals surface area contributed by atoms with Gasteiger partial charge < -0.3 is 18.9 Å². The van der Waals surface area contributed by atoms with Crippen molar-refractivity contribution in [2.45, 2.75) is 6.92 Å². The normalized spacial score (nSPS) is 14.5. The minimum Gasteiger partial charge on any atom is -0.493 e.